The molecule has 1 saturated heterocycles. The molecule has 2 fully saturated rings. The number of aliphatic hydroxyl groups excluding tert-OH is 1. The van der Waals surface area contributed by atoms with Gasteiger partial charge < -0.3 is 10.4 Å². The third-order valence-electron chi connectivity index (χ3n) is 5.23. The van der Waals surface area contributed by atoms with Crippen LogP contribution >= 0.6 is 0 Å². The lowest BCUT2D eigenvalue weighted by Crippen LogP contribution is -2.38. The van der Waals surface area contributed by atoms with E-state index in [1.165, 1.54) is 31.5 Å². The first-order chi connectivity index (χ1) is 11.2. The van der Waals surface area contributed by atoms with Crippen LogP contribution in [0.5, 0.6) is 0 Å². The number of benzene rings is 1. The van der Waals surface area contributed by atoms with Crippen LogP contribution < -0.4 is 5.32 Å². The highest BCUT2D eigenvalue weighted by Gasteiger charge is 2.22. The second-order valence-electron chi connectivity index (χ2n) is 7.06. The number of hydrogen-bond acceptors (Lipinski definition) is 3. The van der Waals surface area contributed by atoms with Gasteiger partial charge in [0.2, 0.25) is 0 Å². The Morgan fingerprint density at radius 1 is 1.17 bits per heavy atom. The van der Waals surface area contributed by atoms with Crippen molar-refractivity contribution >= 4 is 5.91 Å². The molecule has 0 unspecified atom stereocenters. The molecule has 0 spiro atoms. The third-order valence-corrected chi connectivity index (χ3v) is 5.23. The minimum atomic E-state index is 0.0423. The van der Waals surface area contributed by atoms with Crippen molar-refractivity contribution in [3.05, 3.63) is 35.4 Å². The van der Waals surface area contributed by atoms with Gasteiger partial charge in [-0.05, 0) is 75.2 Å². The number of nitrogens with one attached hydrogen (secondary N) is 1. The summed E-state index contributed by atoms with van der Waals surface area (Å²) in [6.07, 6.45) is 6.55. The van der Waals surface area contributed by atoms with Crippen LogP contribution in [0.25, 0.3) is 0 Å². The maximum absolute atomic E-state index is 12.5. The first-order valence-corrected chi connectivity index (χ1v) is 8.97. The largest absolute Gasteiger partial charge is 0.396 e. The molecular formula is C19H28N2O2. The van der Waals surface area contributed by atoms with Gasteiger partial charge in [0.25, 0.3) is 5.91 Å². The molecule has 1 aromatic rings. The maximum atomic E-state index is 12.5. The van der Waals surface area contributed by atoms with Gasteiger partial charge in [-0.3, -0.25) is 9.69 Å². The van der Waals surface area contributed by atoms with Crippen LogP contribution in [0.4, 0.5) is 0 Å². The normalized spacial score (nSPS) is 25.4. The summed E-state index contributed by atoms with van der Waals surface area (Å²) in [6, 6.07) is 8.30. The summed E-state index contributed by atoms with van der Waals surface area (Å²) in [6.45, 7) is 3.57. The highest BCUT2D eigenvalue weighted by Crippen LogP contribution is 2.24. The Hall–Kier alpha value is -1.39. The van der Waals surface area contributed by atoms with Gasteiger partial charge in [-0.15, -0.1) is 0 Å². The van der Waals surface area contributed by atoms with Gasteiger partial charge >= 0.3 is 0 Å². The average molecular weight is 316 g/mol. The van der Waals surface area contributed by atoms with Crippen molar-refractivity contribution in [1.29, 1.82) is 0 Å². The number of hydrogen-bond donors (Lipinski definition) is 2. The Balaban J connectivity index is 1.54. The molecule has 3 rings (SSSR count). The maximum Gasteiger partial charge on any atom is 0.251 e. The van der Waals surface area contributed by atoms with E-state index in [1.807, 2.05) is 18.2 Å². The highest BCUT2D eigenvalue weighted by atomic mass is 16.3. The average Bonchev–Trinajstić information content (AvgIpc) is 3.09. The second-order valence-corrected chi connectivity index (χ2v) is 7.06. The zero-order chi connectivity index (χ0) is 16.1. The van der Waals surface area contributed by atoms with E-state index >= 15 is 0 Å². The number of amides is 1. The molecule has 0 bridgehead atoms. The van der Waals surface area contributed by atoms with Crippen LogP contribution in [0.2, 0.25) is 0 Å². The molecule has 0 aromatic heterocycles. The first-order valence-electron chi connectivity index (χ1n) is 8.97. The number of nitrogens with zero attached hydrogens (tertiary/aromatic N) is 1. The minimum absolute atomic E-state index is 0.0423. The van der Waals surface area contributed by atoms with Crippen LogP contribution in [0.15, 0.2) is 24.3 Å². The van der Waals surface area contributed by atoms with Crippen molar-refractivity contribution in [2.45, 2.75) is 51.1 Å². The fraction of sp³-hybridized carbons (Fsp3) is 0.632. The molecule has 4 nitrogen and oxygen atoms in total. The van der Waals surface area contributed by atoms with Crippen molar-refractivity contribution in [2.75, 3.05) is 19.7 Å². The van der Waals surface area contributed by atoms with E-state index in [1.54, 1.807) is 0 Å². The Kier molecular flexibility index (Phi) is 5.68. The highest BCUT2D eigenvalue weighted by molar-refractivity contribution is 5.94. The lowest BCUT2D eigenvalue weighted by atomic mass is 9.86. The molecule has 1 aliphatic carbocycles. The second kappa shape index (κ2) is 7.93. The van der Waals surface area contributed by atoms with Crippen molar-refractivity contribution in [3.63, 3.8) is 0 Å². The van der Waals surface area contributed by atoms with Gasteiger partial charge in [0.05, 0.1) is 0 Å². The first kappa shape index (κ1) is 16.5. The number of likely N-dealkylation sites (tertiary alicyclic amines) is 1. The summed E-state index contributed by atoms with van der Waals surface area (Å²) in [4.78, 5) is 14.9. The quantitative estimate of drug-likeness (QED) is 0.878. The summed E-state index contributed by atoms with van der Waals surface area (Å²) in [5.74, 6) is 0.465. The fourth-order valence-electron chi connectivity index (χ4n) is 3.77. The molecule has 1 amide bonds. The van der Waals surface area contributed by atoms with Gasteiger partial charge in [0.1, 0.15) is 0 Å². The summed E-state index contributed by atoms with van der Waals surface area (Å²) in [7, 11) is 0. The molecule has 1 aliphatic heterocycles. The SMILES string of the molecule is O=C(NC1CCC(CO)CC1)c1cccc(CN2CCCC2)c1. The molecule has 0 atom stereocenters. The van der Waals surface area contributed by atoms with Crippen LogP contribution in [0, 0.1) is 5.92 Å². The third kappa shape index (κ3) is 4.55. The number of carbonyl (C=O) groups excluding carboxylic acids is 1. The molecule has 1 aromatic carbocycles. The topological polar surface area (TPSA) is 52.6 Å². The minimum Gasteiger partial charge on any atom is -0.396 e. The van der Waals surface area contributed by atoms with Gasteiger partial charge in [-0.25, -0.2) is 0 Å². The van der Waals surface area contributed by atoms with Gasteiger partial charge in [-0.1, -0.05) is 12.1 Å². The molecule has 0 radical (unpaired) electrons. The number of rotatable bonds is 5. The van der Waals surface area contributed by atoms with Gasteiger partial charge in [0, 0.05) is 24.8 Å². The molecule has 4 heteroatoms. The van der Waals surface area contributed by atoms with Gasteiger partial charge in [-0.2, -0.15) is 0 Å². The Labute approximate surface area is 138 Å². The van der Waals surface area contributed by atoms with E-state index in [9.17, 15) is 9.90 Å². The molecule has 23 heavy (non-hydrogen) atoms. The van der Waals surface area contributed by atoms with Crippen LogP contribution in [-0.2, 0) is 6.54 Å². The van der Waals surface area contributed by atoms with Crippen molar-refractivity contribution < 1.29 is 9.90 Å². The Morgan fingerprint density at radius 3 is 2.61 bits per heavy atom. The zero-order valence-corrected chi connectivity index (χ0v) is 13.8. The van der Waals surface area contributed by atoms with Crippen LogP contribution in [0.1, 0.15) is 54.4 Å². The van der Waals surface area contributed by atoms with E-state index in [4.69, 9.17) is 0 Å². The zero-order valence-electron chi connectivity index (χ0n) is 13.8. The van der Waals surface area contributed by atoms with E-state index in [2.05, 4.69) is 16.3 Å². The Bertz CT molecular complexity index is 518. The summed E-state index contributed by atoms with van der Waals surface area (Å²) in [5.41, 5.74) is 1.99. The molecular weight excluding hydrogens is 288 g/mol. The van der Waals surface area contributed by atoms with Crippen molar-refractivity contribution in [1.82, 2.24) is 10.2 Å². The predicted molar refractivity (Wildman–Crippen MR) is 91.3 cm³/mol. The summed E-state index contributed by atoms with van der Waals surface area (Å²) in [5, 5.41) is 12.4. The van der Waals surface area contributed by atoms with Crippen LogP contribution in [0.3, 0.4) is 0 Å². The molecule has 1 saturated carbocycles. The Morgan fingerprint density at radius 2 is 1.91 bits per heavy atom. The monoisotopic (exact) mass is 316 g/mol. The lowest BCUT2D eigenvalue weighted by Gasteiger charge is -2.28. The van der Waals surface area contributed by atoms with E-state index in [-0.39, 0.29) is 18.6 Å². The summed E-state index contributed by atoms with van der Waals surface area (Å²) < 4.78 is 0. The molecule has 2 N–H and O–H groups in total. The molecule has 2 aliphatic rings. The molecule has 1 heterocycles. The number of aliphatic hydroxyl groups is 1. The lowest BCUT2D eigenvalue weighted by molar-refractivity contribution is 0.0914. The van der Waals surface area contributed by atoms with Gasteiger partial charge in [0.15, 0.2) is 0 Å². The van der Waals surface area contributed by atoms with E-state index < -0.39 is 0 Å². The smallest absolute Gasteiger partial charge is 0.251 e. The fourth-order valence-corrected chi connectivity index (χ4v) is 3.77. The van der Waals surface area contributed by atoms with E-state index in [0.717, 1.165) is 37.8 Å². The van der Waals surface area contributed by atoms with E-state index in [0.29, 0.717) is 5.92 Å². The standard InChI is InChI=1S/C19H28N2O2/c22-14-15-6-8-18(9-7-15)20-19(23)17-5-3-4-16(12-17)13-21-10-1-2-11-21/h3-5,12,15,18,22H,1-2,6-11,13-14H2,(H,20,23). The van der Waals surface area contributed by atoms with Crippen molar-refractivity contribution in [2.24, 2.45) is 5.92 Å². The van der Waals surface area contributed by atoms with Crippen LogP contribution in [-0.4, -0.2) is 41.7 Å². The van der Waals surface area contributed by atoms with Crippen molar-refractivity contribution in [3.8, 4) is 0 Å². The number of carbonyl (C=O) groups is 1. The molecule has 126 valence electrons. The summed E-state index contributed by atoms with van der Waals surface area (Å²) >= 11 is 0. The predicted octanol–water partition coefficient (Wildman–Crippen LogP) is 2.56.